The molecule has 0 aliphatic carbocycles. The van der Waals surface area contributed by atoms with Gasteiger partial charge in [-0.05, 0) is 44.0 Å². The molecule has 1 heterocycles. The Balaban J connectivity index is 1.73. The van der Waals surface area contributed by atoms with Crippen molar-refractivity contribution in [3.63, 3.8) is 0 Å². The molecule has 0 saturated carbocycles. The highest BCUT2D eigenvalue weighted by atomic mass is 16.6. The number of nitrogens with zero attached hydrogens (tertiary/aromatic N) is 3. The fourth-order valence-electron chi connectivity index (χ4n) is 3.35. The van der Waals surface area contributed by atoms with Crippen LogP contribution in [0.4, 0.5) is 17.1 Å². The predicted molar refractivity (Wildman–Crippen MR) is 109 cm³/mol. The van der Waals surface area contributed by atoms with Crippen LogP contribution in [0.25, 0.3) is 0 Å². The zero-order chi connectivity index (χ0) is 21.0. The number of amides is 1. The van der Waals surface area contributed by atoms with Gasteiger partial charge >= 0.3 is 5.97 Å². The summed E-state index contributed by atoms with van der Waals surface area (Å²) in [7, 11) is 1.59. The Morgan fingerprint density at radius 2 is 1.79 bits per heavy atom. The highest BCUT2D eigenvalue weighted by molar-refractivity contribution is 5.99. The van der Waals surface area contributed by atoms with E-state index < -0.39 is 22.9 Å². The predicted octanol–water partition coefficient (Wildman–Crippen LogP) is 3.40. The standard InChI is InChI=1S/C21H23N3O5/c1-15(20(25)22(2)17-8-4-3-5-9-17)29-21(26)16-10-11-18(19(14-16)24(27)28)23-12-6-7-13-23/h3-5,8-11,14-15H,6-7,12-13H2,1-2H3/t15-/m0/s1. The summed E-state index contributed by atoms with van der Waals surface area (Å²) in [5, 5.41) is 11.5. The molecule has 8 nitrogen and oxygen atoms in total. The number of para-hydroxylation sites is 1. The maximum Gasteiger partial charge on any atom is 0.339 e. The van der Waals surface area contributed by atoms with Gasteiger partial charge in [0.2, 0.25) is 0 Å². The van der Waals surface area contributed by atoms with Gasteiger partial charge in [-0.25, -0.2) is 4.79 Å². The van der Waals surface area contributed by atoms with Crippen LogP contribution in [0.15, 0.2) is 48.5 Å². The van der Waals surface area contributed by atoms with Gasteiger partial charge in [0, 0.05) is 31.9 Å². The minimum absolute atomic E-state index is 0.0432. The number of carbonyl (C=O) groups is 2. The lowest BCUT2D eigenvalue weighted by Crippen LogP contribution is -2.37. The molecular formula is C21H23N3O5. The molecular weight excluding hydrogens is 374 g/mol. The number of likely N-dealkylation sites (N-methyl/N-ethyl adjacent to an activating group) is 1. The van der Waals surface area contributed by atoms with Crippen LogP contribution in [0.2, 0.25) is 0 Å². The second-order valence-electron chi connectivity index (χ2n) is 6.94. The molecule has 1 saturated heterocycles. The van der Waals surface area contributed by atoms with Crippen LogP contribution < -0.4 is 9.80 Å². The summed E-state index contributed by atoms with van der Waals surface area (Å²) in [5.41, 5.74) is 1.08. The SMILES string of the molecule is C[C@H](OC(=O)c1ccc(N2CCCC2)c([N+](=O)[O-])c1)C(=O)N(C)c1ccccc1. The van der Waals surface area contributed by atoms with Gasteiger partial charge < -0.3 is 14.5 Å². The van der Waals surface area contributed by atoms with Crippen molar-refractivity contribution in [2.75, 3.05) is 29.9 Å². The highest BCUT2D eigenvalue weighted by Crippen LogP contribution is 2.32. The Morgan fingerprint density at radius 3 is 2.41 bits per heavy atom. The van der Waals surface area contributed by atoms with Gasteiger partial charge in [0.05, 0.1) is 10.5 Å². The van der Waals surface area contributed by atoms with Crippen LogP contribution in [-0.4, -0.2) is 43.0 Å². The van der Waals surface area contributed by atoms with E-state index in [2.05, 4.69) is 0 Å². The number of ether oxygens (including phenoxy) is 1. The van der Waals surface area contributed by atoms with Gasteiger partial charge in [-0.15, -0.1) is 0 Å². The average molecular weight is 397 g/mol. The number of rotatable bonds is 6. The van der Waals surface area contributed by atoms with Crippen LogP contribution >= 0.6 is 0 Å². The molecule has 1 atom stereocenters. The summed E-state index contributed by atoms with van der Waals surface area (Å²) in [6.45, 7) is 2.98. The second-order valence-corrected chi connectivity index (χ2v) is 6.94. The molecule has 1 aliphatic heterocycles. The third-order valence-electron chi connectivity index (χ3n) is 4.96. The molecule has 0 bridgehead atoms. The van der Waals surface area contributed by atoms with E-state index in [9.17, 15) is 19.7 Å². The van der Waals surface area contributed by atoms with E-state index in [1.54, 1.807) is 37.4 Å². The largest absolute Gasteiger partial charge is 0.449 e. The Kier molecular flexibility index (Phi) is 6.11. The molecule has 0 unspecified atom stereocenters. The van der Waals surface area contributed by atoms with E-state index in [-0.39, 0.29) is 11.3 Å². The zero-order valence-corrected chi connectivity index (χ0v) is 16.4. The number of hydrogen-bond acceptors (Lipinski definition) is 6. The van der Waals surface area contributed by atoms with E-state index in [1.165, 1.54) is 24.0 Å². The molecule has 29 heavy (non-hydrogen) atoms. The first kappa shape index (κ1) is 20.3. The summed E-state index contributed by atoms with van der Waals surface area (Å²) in [6.07, 6.45) is 0.926. The molecule has 1 aliphatic rings. The summed E-state index contributed by atoms with van der Waals surface area (Å²) in [6, 6.07) is 13.3. The van der Waals surface area contributed by atoms with Gasteiger partial charge in [-0.1, -0.05) is 18.2 Å². The maximum absolute atomic E-state index is 12.5. The molecule has 3 rings (SSSR count). The Morgan fingerprint density at radius 1 is 1.14 bits per heavy atom. The maximum atomic E-state index is 12.5. The van der Waals surface area contributed by atoms with Crippen molar-refractivity contribution < 1.29 is 19.2 Å². The topological polar surface area (TPSA) is 93.0 Å². The Hall–Kier alpha value is -3.42. The van der Waals surface area contributed by atoms with E-state index in [0.717, 1.165) is 25.9 Å². The lowest BCUT2D eigenvalue weighted by molar-refractivity contribution is -0.384. The van der Waals surface area contributed by atoms with Crippen LogP contribution in [0.3, 0.4) is 0 Å². The second kappa shape index (κ2) is 8.72. The summed E-state index contributed by atoms with van der Waals surface area (Å²) >= 11 is 0. The minimum atomic E-state index is -1.04. The van der Waals surface area contributed by atoms with Crippen molar-refractivity contribution >= 4 is 28.9 Å². The van der Waals surface area contributed by atoms with Crippen molar-refractivity contribution in [1.82, 2.24) is 0 Å². The number of anilines is 2. The zero-order valence-electron chi connectivity index (χ0n) is 16.4. The summed E-state index contributed by atoms with van der Waals surface area (Å²) in [5.74, 6) is -1.17. The van der Waals surface area contributed by atoms with Crippen LogP contribution in [0.5, 0.6) is 0 Å². The normalized spacial score (nSPS) is 14.3. The van der Waals surface area contributed by atoms with Crippen molar-refractivity contribution in [3.05, 3.63) is 64.2 Å². The van der Waals surface area contributed by atoms with Crippen molar-refractivity contribution in [2.24, 2.45) is 0 Å². The first-order chi connectivity index (χ1) is 13.9. The molecule has 0 radical (unpaired) electrons. The number of hydrogen-bond donors (Lipinski definition) is 0. The average Bonchev–Trinajstić information content (AvgIpc) is 3.27. The van der Waals surface area contributed by atoms with Gasteiger partial charge in [0.1, 0.15) is 5.69 Å². The number of carbonyl (C=O) groups excluding carboxylic acids is 2. The Bertz CT molecular complexity index is 910. The number of esters is 1. The molecule has 152 valence electrons. The van der Waals surface area contributed by atoms with E-state index in [1.807, 2.05) is 11.0 Å². The van der Waals surface area contributed by atoms with Gasteiger partial charge in [-0.2, -0.15) is 0 Å². The van der Waals surface area contributed by atoms with E-state index >= 15 is 0 Å². The van der Waals surface area contributed by atoms with Crippen LogP contribution in [-0.2, 0) is 9.53 Å². The monoisotopic (exact) mass is 397 g/mol. The van der Waals surface area contributed by atoms with Gasteiger partial charge in [0.25, 0.3) is 11.6 Å². The molecule has 0 spiro atoms. The van der Waals surface area contributed by atoms with Crippen molar-refractivity contribution in [1.29, 1.82) is 0 Å². The first-order valence-electron chi connectivity index (χ1n) is 9.45. The molecule has 2 aromatic rings. The molecule has 2 aromatic carbocycles. The number of nitro benzene ring substituents is 1. The molecule has 0 N–H and O–H groups in total. The summed E-state index contributed by atoms with van der Waals surface area (Å²) in [4.78, 5) is 39.4. The van der Waals surface area contributed by atoms with E-state index in [4.69, 9.17) is 4.74 Å². The minimum Gasteiger partial charge on any atom is -0.449 e. The molecule has 8 heteroatoms. The molecule has 1 amide bonds. The van der Waals surface area contributed by atoms with Crippen LogP contribution in [0, 0.1) is 10.1 Å². The lowest BCUT2D eigenvalue weighted by Gasteiger charge is -2.22. The van der Waals surface area contributed by atoms with Crippen LogP contribution in [0.1, 0.15) is 30.1 Å². The fraction of sp³-hybridized carbons (Fsp3) is 0.333. The fourth-order valence-corrected chi connectivity index (χ4v) is 3.35. The first-order valence-corrected chi connectivity index (χ1v) is 9.45. The van der Waals surface area contributed by atoms with Gasteiger partial charge in [0.15, 0.2) is 6.10 Å². The third-order valence-corrected chi connectivity index (χ3v) is 4.96. The highest BCUT2D eigenvalue weighted by Gasteiger charge is 2.27. The molecule has 1 fully saturated rings. The van der Waals surface area contributed by atoms with Crippen molar-refractivity contribution in [2.45, 2.75) is 25.9 Å². The van der Waals surface area contributed by atoms with Crippen molar-refractivity contribution in [3.8, 4) is 0 Å². The van der Waals surface area contributed by atoms with Gasteiger partial charge in [-0.3, -0.25) is 14.9 Å². The third kappa shape index (κ3) is 4.53. The lowest BCUT2D eigenvalue weighted by atomic mass is 10.1. The quantitative estimate of drug-likeness (QED) is 0.421. The number of benzene rings is 2. The number of nitro groups is 1. The smallest absolute Gasteiger partial charge is 0.339 e. The Labute approximate surface area is 168 Å². The summed E-state index contributed by atoms with van der Waals surface area (Å²) < 4.78 is 5.27. The van der Waals surface area contributed by atoms with E-state index in [0.29, 0.717) is 11.4 Å². The molecule has 0 aromatic heterocycles.